The number of aryl methyl sites for hydroxylation is 1. The van der Waals surface area contributed by atoms with E-state index in [2.05, 4.69) is 30.4 Å². The van der Waals surface area contributed by atoms with Crippen molar-refractivity contribution in [1.82, 2.24) is 25.1 Å². The molecule has 0 spiro atoms. The van der Waals surface area contributed by atoms with Gasteiger partial charge in [0.25, 0.3) is 0 Å². The van der Waals surface area contributed by atoms with Gasteiger partial charge in [0, 0.05) is 23.7 Å². The highest BCUT2D eigenvalue weighted by molar-refractivity contribution is 7.98. The van der Waals surface area contributed by atoms with Crippen LogP contribution >= 0.6 is 23.1 Å². The van der Waals surface area contributed by atoms with E-state index in [1.165, 1.54) is 0 Å². The molecule has 2 aliphatic heterocycles. The molecule has 0 unspecified atom stereocenters. The van der Waals surface area contributed by atoms with E-state index in [1.807, 2.05) is 6.92 Å². The molecule has 2 saturated heterocycles. The highest BCUT2D eigenvalue weighted by Gasteiger charge is 2.26. The summed E-state index contributed by atoms with van der Waals surface area (Å²) in [5, 5.41) is 16.8. The van der Waals surface area contributed by atoms with E-state index in [1.54, 1.807) is 23.1 Å². The molecule has 2 aromatic rings. The Labute approximate surface area is 156 Å². The fraction of sp³-hybridized carbons (Fsp3) is 0.706. The number of thioether (sulfide) groups is 1. The number of aromatic nitrogens is 4. The number of hydrogen-bond acceptors (Lipinski definition) is 7. The summed E-state index contributed by atoms with van der Waals surface area (Å²) in [7, 11) is 0. The lowest BCUT2D eigenvalue weighted by atomic mass is 9.97. The van der Waals surface area contributed by atoms with Crippen molar-refractivity contribution in [3.8, 4) is 0 Å². The van der Waals surface area contributed by atoms with Crippen LogP contribution in [0.3, 0.4) is 0 Å². The Balaban J connectivity index is 1.52. The second kappa shape index (κ2) is 8.16. The molecule has 0 amide bonds. The number of hydrogen-bond donors (Lipinski definition) is 1. The van der Waals surface area contributed by atoms with Crippen molar-refractivity contribution in [2.75, 3.05) is 19.7 Å². The Hall–Kier alpha value is -0.960. The summed E-state index contributed by atoms with van der Waals surface area (Å²) in [5.74, 6) is 2.50. The summed E-state index contributed by atoms with van der Waals surface area (Å²) in [6, 6.07) is 0. The summed E-state index contributed by atoms with van der Waals surface area (Å²) in [5.41, 5.74) is 1.13. The Bertz CT molecular complexity index is 689. The van der Waals surface area contributed by atoms with Crippen LogP contribution in [-0.4, -0.2) is 45.5 Å². The van der Waals surface area contributed by atoms with Gasteiger partial charge in [0.15, 0.2) is 5.16 Å². The van der Waals surface area contributed by atoms with E-state index < -0.39 is 0 Å². The molecular formula is C17H25N5OS2. The minimum atomic E-state index is 0.303. The molecule has 136 valence electrons. The normalized spacial score (nSPS) is 21.9. The highest BCUT2D eigenvalue weighted by Crippen LogP contribution is 2.30. The molecule has 0 radical (unpaired) electrons. The smallest absolute Gasteiger partial charge is 0.191 e. The number of rotatable bonds is 6. The zero-order chi connectivity index (χ0) is 17.1. The van der Waals surface area contributed by atoms with Crippen molar-refractivity contribution in [1.29, 1.82) is 0 Å². The Morgan fingerprint density at radius 3 is 2.92 bits per heavy atom. The SMILES string of the molecule is Cc1nc(CSc2nnc(C3CCNCC3)n2C[C@@H]2CCCO2)cs1. The molecule has 0 aliphatic carbocycles. The standard InChI is InChI=1S/C17H25N5OS2/c1-12-19-14(10-24-12)11-25-17-21-20-16(13-4-6-18-7-5-13)22(17)9-15-3-2-8-23-15/h10,13,15,18H,2-9,11H2,1H3/t15-/m0/s1. The molecule has 2 aliphatic rings. The molecule has 1 atom stereocenters. The monoisotopic (exact) mass is 379 g/mol. The first-order valence-electron chi connectivity index (χ1n) is 9.09. The summed E-state index contributed by atoms with van der Waals surface area (Å²) < 4.78 is 8.21. The first kappa shape index (κ1) is 17.5. The van der Waals surface area contributed by atoms with Gasteiger partial charge in [-0.05, 0) is 45.7 Å². The van der Waals surface area contributed by atoms with Crippen LogP contribution in [0.4, 0.5) is 0 Å². The first-order chi connectivity index (χ1) is 12.3. The Morgan fingerprint density at radius 1 is 1.32 bits per heavy atom. The van der Waals surface area contributed by atoms with E-state index in [0.29, 0.717) is 12.0 Å². The largest absolute Gasteiger partial charge is 0.376 e. The van der Waals surface area contributed by atoms with Gasteiger partial charge < -0.3 is 14.6 Å². The highest BCUT2D eigenvalue weighted by atomic mass is 32.2. The topological polar surface area (TPSA) is 64.9 Å². The van der Waals surface area contributed by atoms with Crippen LogP contribution in [0.5, 0.6) is 0 Å². The lowest BCUT2D eigenvalue weighted by molar-refractivity contribution is 0.0936. The van der Waals surface area contributed by atoms with Gasteiger partial charge in [0.05, 0.1) is 23.4 Å². The lowest BCUT2D eigenvalue weighted by Gasteiger charge is -2.23. The summed E-state index contributed by atoms with van der Waals surface area (Å²) in [4.78, 5) is 4.56. The fourth-order valence-corrected chi connectivity index (χ4v) is 5.13. The third kappa shape index (κ3) is 4.24. The van der Waals surface area contributed by atoms with Gasteiger partial charge in [-0.1, -0.05) is 11.8 Å². The third-order valence-corrected chi connectivity index (χ3v) is 6.70. The van der Waals surface area contributed by atoms with Crippen molar-refractivity contribution in [3.05, 3.63) is 21.9 Å². The maximum atomic E-state index is 5.88. The number of ether oxygens (including phenoxy) is 1. The van der Waals surface area contributed by atoms with Crippen LogP contribution < -0.4 is 5.32 Å². The minimum absolute atomic E-state index is 0.303. The zero-order valence-corrected chi connectivity index (χ0v) is 16.2. The van der Waals surface area contributed by atoms with Crippen molar-refractivity contribution >= 4 is 23.1 Å². The van der Waals surface area contributed by atoms with Gasteiger partial charge in [-0.3, -0.25) is 0 Å². The molecule has 0 saturated carbocycles. The van der Waals surface area contributed by atoms with Gasteiger partial charge in [-0.25, -0.2) is 4.98 Å². The van der Waals surface area contributed by atoms with Gasteiger partial charge in [0.1, 0.15) is 5.82 Å². The van der Waals surface area contributed by atoms with Crippen LogP contribution in [0, 0.1) is 6.92 Å². The molecule has 1 N–H and O–H groups in total. The van der Waals surface area contributed by atoms with Gasteiger partial charge in [-0.2, -0.15) is 0 Å². The Kier molecular flexibility index (Phi) is 5.70. The molecule has 25 heavy (non-hydrogen) atoms. The second-order valence-electron chi connectivity index (χ2n) is 6.76. The van der Waals surface area contributed by atoms with Gasteiger partial charge in [0.2, 0.25) is 0 Å². The zero-order valence-electron chi connectivity index (χ0n) is 14.6. The van der Waals surface area contributed by atoms with Gasteiger partial charge >= 0.3 is 0 Å². The molecule has 4 heterocycles. The van der Waals surface area contributed by atoms with Crippen LogP contribution in [-0.2, 0) is 17.0 Å². The number of piperidine rings is 1. The van der Waals surface area contributed by atoms with Gasteiger partial charge in [-0.15, -0.1) is 21.5 Å². The summed E-state index contributed by atoms with van der Waals surface area (Å²) >= 11 is 3.45. The second-order valence-corrected chi connectivity index (χ2v) is 8.76. The average molecular weight is 380 g/mol. The summed E-state index contributed by atoms with van der Waals surface area (Å²) in [6.45, 7) is 5.95. The molecule has 2 aromatic heterocycles. The van der Waals surface area contributed by atoms with Crippen LogP contribution in [0.1, 0.15) is 48.1 Å². The van der Waals surface area contributed by atoms with E-state index in [-0.39, 0.29) is 0 Å². The molecular weight excluding hydrogens is 354 g/mol. The first-order valence-corrected chi connectivity index (χ1v) is 11.0. The van der Waals surface area contributed by atoms with E-state index in [0.717, 1.165) is 79.4 Å². The van der Waals surface area contributed by atoms with Crippen LogP contribution in [0.25, 0.3) is 0 Å². The summed E-state index contributed by atoms with van der Waals surface area (Å²) in [6.07, 6.45) is 4.88. The maximum Gasteiger partial charge on any atom is 0.191 e. The third-order valence-electron chi connectivity index (χ3n) is 4.88. The molecule has 0 bridgehead atoms. The molecule has 4 rings (SSSR count). The van der Waals surface area contributed by atoms with Crippen molar-refractivity contribution in [2.45, 2.75) is 62.1 Å². The maximum absolute atomic E-state index is 5.88. The van der Waals surface area contributed by atoms with Crippen molar-refractivity contribution in [2.24, 2.45) is 0 Å². The lowest BCUT2D eigenvalue weighted by Crippen LogP contribution is -2.29. The minimum Gasteiger partial charge on any atom is -0.376 e. The quantitative estimate of drug-likeness (QED) is 0.779. The van der Waals surface area contributed by atoms with Crippen LogP contribution in [0.2, 0.25) is 0 Å². The Morgan fingerprint density at radius 2 is 2.20 bits per heavy atom. The number of thiazole rings is 1. The number of nitrogens with zero attached hydrogens (tertiary/aromatic N) is 4. The van der Waals surface area contributed by atoms with Crippen molar-refractivity contribution in [3.63, 3.8) is 0 Å². The predicted octanol–water partition coefficient (Wildman–Crippen LogP) is 2.98. The molecule has 8 heteroatoms. The molecule has 0 aromatic carbocycles. The van der Waals surface area contributed by atoms with E-state index >= 15 is 0 Å². The van der Waals surface area contributed by atoms with Crippen molar-refractivity contribution < 1.29 is 4.74 Å². The predicted molar refractivity (Wildman–Crippen MR) is 100 cm³/mol. The molecule has 2 fully saturated rings. The van der Waals surface area contributed by atoms with E-state index in [9.17, 15) is 0 Å². The van der Waals surface area contributed by atoms with E-state index in [4.69, 9.17) is 4.74 Å². The van der Waals surface area contributed by atoms with Crippen LogP contribution in [0.15, 0.2) is 10.5 Å². The molecule has 6 nitrogen and oxygen atoms in total. The average Bonchev–Trinajstić information content (AvgIpc) is 3.36. The number of nitrogens with one attached hydrogen (secondary N) is 1. The fourth-order valence-electron chi connectivity index (χ4n) is 3.57.